The van der Waals surface area contributed by atoms with E-state index in [-0.39, 0.29) is 5.91 Å². The van der Waals surface area contributed by atoms with Crippen molar-refractivity contribution in [3.8, 4) is 0 Å². The topological polar surface area (TPSA) is 66.6 Å². The molecule has 1 rings (SSSR count). The molecule has 0 aliphatic heterocycles. The van der Waals surface area contributed by atoms with Gasteiger partial charge < -0.3 is 10.5 Å². The number of rotatable bonds is 3. The predicted octanol–water partition coefficient (Wildman–Crippen LogP) is -0.238. The Bertz CT molecular complexity index is 370. The van der Waals surface area contributed by atoms with Crippen LogP contribution in [0.4, 0.5) is 0 Å². The van der Waals surface area contributed by atoms with Crippen molar-refractivity contribution >= 4 is 5.91 Å². The molecule has 0 unspecified atom stereocenters. The molecular weight excluding hydrogens is 182 g/mol. The molecule has 0 saturated carbocycles. The average molecular weight is 195 g/mol. The first-order chi connectivity index (χ1) is 6.70. The third-order valence-corrected chi connectivity index (χ3v) is 1.58. The van der Waals surface area contributed by atoms with Crippen LogP contribution < -0.4 is 10.8 Å². The monoisotopic (exact) mass is 195 g/mol. The Morgan fingerprint density at radius 2 is 2.43 bits per heavy atom. The molecule has 0 radical (unpaired) electrons. The molecular formula is C9H13N3O2. The van der Waals surface area contributed by atoms with E-state index in [0.29, 0.717) is 18.6 Å². The van der Waals surface area contributed by atoms with Crippen LogP contribution in [0.15, 0.2) is 29.4 Å². The van der Waals surface area contributed by atoms with Gasteiger partial charge in [-0.3, -0.25) is 9.79 Å². The maximum absolute atomic E-state index is 10.5. The second-order valence-electron chi connectivity index (χ2n) is 2.77. The number of carbonyl (C=O) groups is 1. The first-order valence-electron chi connectivity index (χ1n) is 4.32. The SMILES string of the molecule is CC(=O)NCCN=c1ccccn1O. The van der Waals surface area contributed by atoms with E-state index < -0.39 is 0 Å². The molecule has 0 spiro atoms. The normalized spacial score (nSPS) is 11.4. The third kappa shape index (κ3) is 3.30. The molecule has 5 nitrogen and oxygen atoms in total. The quantitative estimate of drug-likeness (QED) is 0.516. The highest BCUT2D eigenvalue weighted by Crippen LogP contribution is 1.76. The Kier molecular flexibility index (Phi) is 3.72. The van der Waals surface area contributed by atoms with Gasteiger partial charge in [-0.2, -0.15) is 4.73 Å². The van der Waals surface area contributed by atoms with E-state index in [4.69, 9.17) is 0 Å². The zero-order chi connectivity index (χ0) is 10.4. The summed E-state index contributed by atoms with van der Waals surface area (Å²) in [6.45, 7) is 2.38. The highest BCUT2D eigenvalue weighted by Gasteiger charge is 1.89. The predicted molar refractivity (Wildman–Crippen MR) is 50.7 cm³/mol. The molecule has 1 aromatic heterocycles. The van der Waals surface area contributed by atoms with Gasteiger partial charge in [0.1, 0.15) is 0 Å². The number of pyridine rings is 1. The number of nitrogens with one attached hydrogen (secondary N) is 1. The lowest BCUT2D eigenvalue weighted by Crippen LogP contribution is -2.25. The average Bonchev–Trinajstić information content (AvgIpc) is 2.15. The van der Waals surface area contributed by atoms with Gasteiger partial charge in [-0.15, -0.1) is 0 Å². The molecule has 0 aliphatic carbocycles. The molecule has 0 saturated heterocycles. The lowest BCUT2D eigenvalue weighted by Gasteiger charge is -1.98. The van der Waals surface area contributed by atoms with Gasteiger partial charge in [-0.1, -0.05) is 6.07 Å². The fourth-order valence-electron chi connectivity index (χ4n) is 0.953. The van der Waals surface area contributed by atoms with E-state index in [1.54, 1.807) is 18.2 Å². The molecule has 0 fully saturated rings. The summed E-state index contributed by atoms with van der Waals surface area (Å²) in [6, 6.07) is 5.17. The molecule has 1 amide bonds. The van der Waals surface area contributed by atoms with Crippen molar-refractivity contribution in [1.29, 1.82) is 0 Å². The Balaban J connectivity index is 2.53. The fraction of sp³-hybridized carbons (Fsp3) is 0.333. The Labute approximate surface area is 81.7 Å². The summed E-state index contributed by atoms with van der Waals surface area (Å²) in [6.07, 6.45) is 1.50. The van der Waals surface area contributed by atoms with Crippen LogP contribution in [0.1, 0.15) is 6.92 Å². The first-order valence-corrected chi connectivity index (χ1v) is 4.32. The molecule has 0 bridgehead atoms. The van der Waals surface area contributed by atoms with Crippen LogP contribution in [0.25, 0.3) is 0 Å². The van der Waals surface area contributed by atoms with Crippen LogP contribution in [0, 0.1) is 0 Å². The summed E-state index contributed by atoms with van der Waals surface area (Å²) in [4.78, 5) is 14.6. The highest BCUT2D eigenvalue weighted by molar-refractivity contribution is 5.72. The minimum Gasteiger partial charge on any atom is -0.427 e. The summed E-state index contributed by atoms with van der Waals surface area (Å²) in [5.41, 5.74) is 0.470. The molecule has 2 N–H and O–H groups in total. The molecule has 0 aliphatic rings. The molecule has 1 aromatic rings. The van der Waals surface area contributed by atoms with Crippen molar-refractivity contribution in [2.24, 2.45) is 4.99 Å². The minimum atomic E-state index is -0.0786. The largest absolute Gasteiger partial charge is 0.427 e. The second kappa shape index (κ2) is 5.06. The molecule has 0 atom stereocenters. The van der Waals surface area contributed by atoms with Gasteiger partial charge in [-0.05, 0) is 12.1 Å². The van der Waals surface area contributed by atoms with Crippen molar-refractivity contribution in [3.05, 3.63) is 29.9 Å². The van der Waals surface area contributed by atoms with Crippen LogP contribution in [-0.2, 0) is 4.79 Å². The Morgan fingerprint density at radius 3 is 3.07 bits per heavy atom. The Hall–Kier alpha value is -1.78. The van der Waals surface area contributed by atoms with E-state index in [9.17, 15) is 10.0 Å². The zero-order valence-electron chi connectivity index (χ0n) is 7.97. The van der Waals surface area contributed by atoms with Gasteiger partial charge in [0.2, 0.25) is 5.91 Å². The van der Waals surface area contributed by atoms with Gasteiger partial charge in [-0.25, -0.2) is 0 Å². The number of hydrogen-bond donors (Lipinski definition) is 2. The van der Waals surface area contributed by atoms with Crippen molar-refractivity contribution < 1.29 is 10.0 Å². The van der Waals surface area contributed by atoms with E-state index in [2.05, 4.69) is 10.3 Å². The van der Waals surface area contributed by atoms with Gasteiger partial charge >= 0.3 is 0 Å². The molecule has 0 aromatic carbocycles. The molecule has 5 heteroatoms. The van der Waals surface area contributed by atoms with Gasteiger partial charge in [0.25, 0.3) is 0 Å². The van der Waals surface area contributed by atoms with E-state index in [0.717, 1.165) is 4.73 Å². The van der Waals surface area contributed by atoms with E-state index in [1.807, 2.05) is 0 Å². The maximum Gasteiger partial charge on any atom is 0.216 e. The smallest absolute Gasteiger partial charge is 0.216 e. The van der Waals surface area contributed by atoms with Gasteiger partial charge in [0.15, 0.2) is 5.49 Å². The van der Waals surface area contributed by atoms with Crippen LogP contribution in [0.3, 0.4) is 0 Å². The lowest BCUT2D eigenvalue weighted by molar-refractivity contribution is -0.118. The van der Waals surface area contributed by atoms with Crippen molar-refractivity contribution in [2.75, 3.05) is 13.1 Å². The van der Waals surface area contributed by atoms with Crippen LogP contribution >= 0.6 is 0 Å². The summed E-state index contributed by atoms with van der Waals surface area (Å²) in [7, 11) is 0. The van der Waals surface area contributed by atoms with E-state index >= 15 is 0 Å². The molecule has 14 heavy (non-hydrogen) atoms. The van der Waals surface area contributed by atoms with Crippen molar-refractivity contribution in [3.63, 3.8) is 0 Å². The third-order valence-electron chi connectivity index (χ3n) is 1.58. The Morgan fingerprint density at radius 1 is 1.64 bits per heavy atom. The minimum absolute atomic E-state index is 0.0786. The molecule has 76 valence electrons. The number of nitrogens with zero attached hydrogens (tertiary/aromatic N) is 2. The zero-order valence-corrected chi connectivity index (χ0v) is 7.97. The van der Waals surface area contributed by atoms with Crippen molar-refractivity contribution in [2.45, 2.75) is 6.92 Å². The van der Waals surface area contributed by atoms with E-state index in [1.165, 1.54) is 13.1 Å². The van der Waals surface area contributed by atoms with Crippen LogP contribution in [0.5, 0.6) is 0 Å². The summed E-state index contributed by atoms with van der Waals surface area (Å²) in [5.74, 6) is -0.0786. The fourth-order valence-corrected chi connectivity index (χ4v) is 0.953. The molecule has 1 heterocycles. The van der Waals surface area contributed by atoms with Crippen molar-refractivity contribution in [1.82, 2.24) is 10.0 Å². The second-order valence-corrected chi connectivity index (χ2v) is 2.77. The lowest BCUT2D eigenvalue weighted by atomic mass is 10.5. The van der Waals surface area contributed by atoms with Gasteiger partial charge in [0, 0.05) is 19.7 Å². The maximum atomic E-state index is 10.5. The van der Waals surface area contributed by atoms with Gasteiger partial charge in [0.05, 0.1) is 6.54 Å². The summed E-state index contributed by atoms with van der Waals surface area (Å²) in [5, 5.41) is 11.9. The number of aromatic nitrogens is 1. The highest BCUT2D eigenvalue weighted by atomic mass is 16.5. The standard InChI is InChI=1S/C9H13N3O2/c1-8(13)10-5-6-11-9-4-2-3-7-12(9)14/h2-4,7,14H,5-6H2,1H3,(H,10,13). The number of carbonyl (C=O) groups excluding carboxylic acids is 1. The van der Waals surface area contributed by atoms with Crippen LogP contribution in [-0.4, -0.2) is 28.9 Å². The summed E-state index contributed by atoms with van der Waals surface area (Å²) >= 11 is 0. The number of hydrogen-bond acceptors (Lipinski definition) is 3. The number of amides is 1. The first kappa shape index (κ1) is 10.3. The van der Waals surface area contributed by atoms with Crippen LogP contribution in [0.2, 0.25) is 0 Å². The summed E-state index contributed by atoms with van der Waals surface area (Å²) < 4.78 is 0.938.